The molecule has 2 aromatic rings. The first-order valence-corrected chi connectivity index (χ1v) is 10.8. The standard InChI is InChI=1S/C26H36N2O3/c1-25(2,3)20-12-13-22(21(16-20)26(4,5)6)31-18-24(30)28(15-14-23(27)29)17-19-10-8-7-9-11-19/h7-13,16H,14-15,17-18H2,1-6H3,(H2,27,29). The molecule has 0 aromatic heterocycles. The Kier molecular flexibility index (Phi) is 7.88. The van der Waals surface area contributed by atoms with Gasteiger partial charge in [0, 0.05) is 19.5 Å². The van der Waals surface area contributed by atoms with Crippen molar-refractivity contribution in [1.82, 2.24) is 4.90 Å². The second kappa shape index (κ2) is 9.99. The van der Waals surface area contributed by atoms with Gasteiger partial charge in [-0.1, -0.05) is 84.0 Å². The van der Waals surface area contributed by atoms with Crippen molar-refractivity contribution in [2.45, 2.75) is 65.3 Å². The van der Waals surface area contributed by atoms with Gasteiger partial charge >= 0.3 is 0 Å². The predicted molar refractivity (Wildman–Crippen MR) is 125 cm³/mol. The molecule has 0 atom stereocenters. The average molecular weight is 425 g/mol. The zero-order valence-corrected chi connectivity index (χ0v) is 19.7. The molecule has 0 aliphatic carbocycles. The van der Waals surface area contributed by atoms with Gasteiger partial charge < -0.3 is 15.4 Å². The lowest BCUT2D eigenvalue weighted by molar-refractivity contribution is -0.134. The SMILES string of the molecule is CC(C)(C)c1ccc(OCC(=O)N(CCC(N)=O)Cc2ccccc2)c(C(C)(C)C)c1. The first-order valence-electron chi connectivity index (χ1n) is 10.8. The first-order chi connectivity index (χ1) is 14.4. The summed E-state index contributed by atoms with van der Waals surface area (Å²) in [6.45, 7) is 13.5. The van der Waals surface area contributed by atoms with E-state index in [2.05, 4.69) is 53.7 Å². The van der Waals surface area contributed by atoms with Crippen LogP contribution in [0.3, 0.4) is 0 Å². The lowest BCUT2D eigenvalue weighted by Gasteiger charge is -2.28. The van der Waals surface area contributed by atoms with E-state index in [9.17, 15) is 9.59 Å². The molecule has 0 aliphatic rings. The molecule has 168 valence electrons. The Bertz CT molecular complexity index is 893. The molecule has 0 radical (unpaired) electrons. The molecular weight excluding hydrogens is 388 g/mol. The predicted octanol–water partition coefficient (Wildman–Crippen LogP) is 4.56. The Morgan fingerprint density at radius 1 is 0.935 bits per heavy atom. The van der Waals surface area contributed by atoms with E-state index < -0.39 is 5.91 Å². The van der Waals surface area contributed by atoms with Crippen LogP contribution in [0.25, 0.3) is 0 Å². The van der Waals surface area contributed by atoms with Gasteiger partial charge in [-0.05, 0) is 33.6 Å². The van der Waals surface area contributed by atoms with E-state index in [0.717, 1.165) is 11.1 Å². The van der Waals surface area contributed by atoms with Crippen LogP contribution in [0, 0.1) is 0 Å². The highest BCUT2D eigenvalue weighted by Gasteiger charge is 2.24. The zero-order valence-electron chi connectivity index (χ0n) is 19.7. The van der Waals surface area contributed by atoms with Crippen molar-refractivity contribution in [3.63, 3.8) is 0 Å². The molecule has 5 heteroatoms. The van der Waals surface area contributed by atoms with Gasteiger partial charge in [0.05, 0.1) is 0 Å². The van der Waals surface area contributed by atoms with E-state index in [1.54, 1.807) is 4.90 Å². The Balaban J connectivity index is 2.19. The molecule has 0 spiro atoms. The van der Waals surface area contributed by atoms with Crippen LogP contribution in [0.1, 0.15) is 64.7 Å². The quantitative estimate of drug-likeness (QED) is 0.675. The Labute approximate surface area is 186 Å². The number of rotatable bonds is 8. The van der Waals surface area contributed by atoms with Crippen LogP contribution >= 0.6 is 0 Å². The van der Waals surface area contributed by atoms with Crippen molar-refractivity contribution in [3.05, 3.63) is 65.2 Å². The van der Waals surface area contributed by atoms with Crippen LogP contribution in [0.2, 0.25) is 0 Å². The summed E-state index contributed by atoms with van der Waals surface area (Å²) in [4.78, 5) is 25.9. The van der Waals surface area contributed by atoms with Gasteiger partial charge in [0.25, 0.3) is 5.91 Å². The largest absolute Gasteiger partial charge is 0.483 e. The van der Waals surface area contributed by atoms with Gasteiger partial charge in [-0.2, -0.15) is 0 Å². The summed E-state index contributed by atoms with van der Waals surface area (Å²) in [6.07, 6.45) is 0.117. The van der Waals surface area contributed by atoms with Crippen molar-refractivity contribution in [3.8, 4) is 5.75 Å². The van der Waals surface area contributed by atoms with Crippen molar-refractivity contribution < 1.29 is 14.3 Å². The molecule has 2 aromatic carbocycles. The third kappa shape index (κ3) is 7.42. The minimum atomic E-state index is -0.431. The molecule has 0 saturated heterocycles. The molecule has 0 aliphatic heterocycles. The molecule has 2 N–H and O–H groups in total. The first kappa shape index (κ1) is 24.4. The summed E-state index contributed by atoms with van der Waals surface area (Å²) in [5.74, 6) is 0.104. The molecule has 0 fully saturated rings. The van der Waals surface area contributed by atoms with E-state index in [1.165, 1.54) is 5.56 Å². The monoisotopic (exact) mass is 424 g/mol. The average Bonchev–Trinajstić information content (AvgIpc) is 2.68. The molecule has 2 amide bonds. The molecular formula is C26H36N2O3. The molecule has 0 heterocycles. The Hall–Kier alpha value is -2.82. The van der Waals surface area contributed by atoms with E-state index >= 15 is 0 Å². The van der Waals surface area contributed by atoms with Gasteiger partial charge in [-0.3, -0.25) is 9.59 Å². The lowest BCUT2D eigenvalue weighted by Crippen LogP contribution is -2.37. The Morgan fingerprint density at radius 2 is 1.58 bits per heavy atom. The summed E-state index contributed by atoms with van der Waals surface area (Å²) >= 11 is 0. The molecule has 0 bridgehead atoms. The van der Waals surface area contributed by atoms with Crippen molar-refractivity contribution >= 4 is 11.8 Å². The van der Waals surface area contributed by atoms with Gasteiger partial charge in [0.15, 0.2) is 6.61 Å². The highest BCUT2D eigenvalue weighted by Crippen LogP contribution is 2.35. The summed E-state index contributed by atoms with van der Waals surface area (Å²) in [7, 11) is 0. The van der Waals surface area contributed by atoms with Crippen LogP contribution in [-0.4, -0.2) is 29.9 Å². The van der Waals surface area contributed by atoms with E-state index in [4.69, 9.17) is 10.5 Å². The normalized spacial score (nSPS) is 11.8. The number of hydrogen-bond acceptors (Lipinski definition) is 3. The van der Waals surface area contributed by atoms with E-state index in [1.807, 2.05) is 36.4 Å². The Morgan fingerprint density at radius 3 is 2.13 bits per heavy atom. The highest BCUT2D eigenvalue weighted by molar-refractivity contribution is 5.79. The van der Waals surface area contributed by atoms with Crippen LogP contribution in [-0.2, 0) is 27.0 Å². The van der Waals surface area contributed by atoms with E-state index in [-0.39, 0.29) is 36.3 Å². The molecule has 0 saturated carbocycles. The number of amides is 2. The fraction of sp³-hybridized carbons (Fsp3) is 0.462. The molecule has 2 rings (SSSR count). The van der Waals surface area contributed by atoms with Crippen LogP contribution in [0.15, 0.2) is 48.5 Å². The fourth-order valence-corrected chi connectivity index (χ4v) is 3.28. The van der Waals surface area contributed by atoms with Gasteiger partial charge in [-0.15, -0.1) is 0 Å². The molecule has 0 unspecified atom stereocenters. The number of carbonyl (C=O) groups is 2. The zero-order chi connectivity index (χ0) is 23.2. The maximum Gasteiger partial charge on any atom is 0.260 e. The minimum absolute atomic E-state index is 0.0234. The summed E-state index contributed by atoms with van der Waals surface area (Å²) in [5.41, 5.74) is 8.49. The summed E-state index contributed by atoms with van der Waals surface area (Å²) in [6, 6.07) is 15.9. The highest BCUT2D eigenvalue weighted by atomic mass is 16.5. The fourth-order valence-electron chi connectivity index (χ4n) is 3.28. The smallest absolute Gasteiger partial charge is 0.260 e. The number of hydrogen-bond donors (Lipinski definition) is 1. The second-order valence-corrected chi connectivity index (χ2v) is 10.0. The third-order valence-electron chi connectivity index (χ3n) is 5.20. The third-order valence-corrected chi connectivity index (χ3v) is 5.20. The maximum absolute atomic E-state index is 13.0. The number of nitrogens with two attached hydrogens (primary N) is 1. The van der Waals surface area contributed by atoms with Crippen molar-refractivity contribution in [2.24, 2.45) is 5.73 Å². The summed E-state index contributed by atoms with van der Waals surface area (Å²) in [5, 5.41) is 0. The van der Waals surface area contributed by atoms with Gasteiger partial charge in [0.1, 0.15) is 5.75 Å². The summed E-state index contributed by atoms with van der Waals surface area (Å²) < 4.78 is 6.01. The molecule has 31 heavy (non-hydrogen) atoms. The van der Waals surface area contributed by atoms with Crippen LogP contribution in [0.5, 0.6) is 5.75 Å². The second-order valence-electron chi connectivity index (χ2n) is 10.0. The number of carbonyl (C=O) groups excluding carboxylic acids is 2. The van der Waals surface area contributed by atoms with Gasteiger partial charge in [0.2, 0.25) is 5.91 Å². The van der Waals surface area contributed by atoms with Crippen molar-refractivity contribution in [2.75, 3.05) is 13.2 Å². The van der Waals surface area contributed by atoms with Crippen LogP contribution < -0.4 is 10.5 Å². The van der Waals surface area contributed by atoms with E-state index in [0.29, 0.717) is 12.3 Å². The van der Waals surface area contributed by atoms with Crippen molar-refractivity contribution in [1.29, 1.82) is 0 Å². The minimum Gasteiger partial charge on any atom is -0.483 e. The van der Waals surface area contributed by atoms with Gasteiger partial charge in [-0.25, -0.2) is 0 Å². The van der Waals surface area contributed by atoms with Crippen LogP contribution in [0.4, 0.5) is 0 Å². The topological polar surface area (TPSA) is 72.6 Å². The molecule has 5 nitrogen and oxygen atoms in total. The number of benzene rings is 2. The maximum atomic E-state index is 13.0. The lowest BCUT2D eigenvalue weighted by atomic mass is 9.80. The number of nitrogens with zero attached hydrogens (tertiary/aromatic N) is 1. The number of primary amides is 1. The number of ether oxygens (including phenoxy) is 1.